The Morgan fingerprint density at radius 3 is 2.62 bits per heavy atom. The monoisotopic (exact) mass is 316 g/mol. The van der Waals surface area contributed by atoms with E-state index in [0.717, 1.165) is 34.5 Å². The van der Waals surface area contributed by atoms with Crippen molar-refractivity contribution in [2.24, 2.45) is 0 Å². The maximum Gasteiger partial charge on any atom is 0.132 e. The van der Waals surface area contributed by atoms with Gasteiger partial charge in [0.2, 0.25) is 0 Å². The van der Waals surface area contributed by atoms with Crippen LogP contribution in [0.5, 0.6) is 5.75 Å². The molecule has 0 bridgehead atoms. The Kier molecular flexibility index (Phi) is 3.71. The van der Waals surface area contributed by atoms with Gasteiger partial charge in [-0.3, -0.25) is 0 Å². The van der Waals surface area contributed by atoms with Crippen LogP contribution < -0.4 is 4.74 Å². The summed E-state index contributed by atoms with van der Waals surface area (Å²) in [6.45, 7) is 0.531. The van der Waals surface area contributed by atoms with Gasteiger partial charge in [0.15, 0.2) is 0 Å². The van der Waals surface area contributed by atoms with Crippen molar-refractivity contribution in [3.8, 4) is 5.75 Å². The lowest BCUT2D eigenvalue weighted by Gasteiger charge is -2.28. The highest BCUT2D eigenvalue weighted by molar-refractivity contribution is 5.89. The zero-order chi connectivity index (χ0) is 16.4. The van der Waals surface area contributed by atoms with Crippen molar-refractivity contribution in [2.75, 3.05) is 0 Å². The van der Waals surface area contributed by atoms with E-state index < -0.39 is 0 Å². The standard InChI is InChI=1S/C20H16N2O2/c23-13-17-16-8-4-5-9-18(16)24-19(12-22-11-10-21-14-22)20(17)15-6-2-1-3-7-15/h1-11,13-14,17H,12H2. The topological polar surface area (TPSA) is 44.1 Å². The number of hydrogen-bond donors (Lipinski definition) is 0. The lowest BCUT2D eigenvalue weighted by Crippen LogP contribution is -2.19. The van der Waals surface area contributed by atoms with Crippen LogP contribution in [0.15, 0.2) is 79.1 Å². The number of allylic oxidation sites excluding steroid dienone is 2. The lowest BCUT2D eigenvalue weighted by molar-refractivity contribution is -0.108. The average Bonchev–Trinajstić information content (AvgIpc) is 3.14. The van der Waals surface area contributed by atoms with Gasteiger partial charge in [0.25, 0.3) is 0 Å². The molecular weight excluding hydrogens is 300 g/mol. The summed E-state index contributed by atoms with van der Waals surface area (Å²) in [5.74, 6) is 1.18. The molecule has 4 heteroatoms. The summed E-state index contributed by atoms with van der Waals surface area (Å²) in [5.41, 5.74) is 2.82. The second kappa shape index (κ2) is 6.16. The van der Waals surface area contributed by atoms with Gasteiger partial charge in [0, 0.05) is 23.5 Å². The number of aldehydes is 1. The molecule has 0 aliphatic carbocycles. The average molecular weight is 316 g/mol. The molecule has 1 aromatic heterocycles. The fourth-order valence-corrected chi connectivity index (χ4v) is 3.11. The fourth-order valence-electron chi connectivity index (χ4n) is 3.11. The largest absolute Gasteiger partial charge is 0.459 e. The van der Waals surface area contributed by atoms with E-state index in [2.05, 4.69) is 4.98 Å². The van der Waals surface area contributed by atoms with E-state index in [1.807, 2.05) is 65.4 Å². The van der Waals surface area contributed by atoms with Gasteiger partial charge in [0.05, 0.1) is 18.8 Å². The van der Waals surface area contributed by atoms with Gasteiger partial charge in [0.1, 0.15) is 17.8 Å². The van der Waals surface area contributed by atoms with Crippen molar-refractivity contribution in [1.29, 1.82) is 0 Å². The number of imidazole rings is 1. The molecule has 1 aliphatic heterocycles. The number of fused-ring (bicyclic) bond motifs is 1. The molecule has 1 unspecified atom stereocenters. The van der Waals surface area contributed by atoms with Crippen LogP contribution in [0.25, 0.3) is 5.57 Å². The second-order valence-corrected chi connectivity index (χ2v) is 5.69. The summed E-state index contributed by atoms with van der Waals surface area (Å²) in [6, 6.07) is 17.6. The van der Waals surface area contributed by atoms with Crippen molar-refractivity contribution in [3.05, 3.63) is 90.2 Å². The number of rotatable bonds is 4. The van der Waals surface area contributed by atoms with Crippen molar-refractivity contribution < 1.29 is 9.53 Å². The van der Waals surface area contributed by atoms with Crippen LogP contribution in [0.2, 0.25) is 0 Å². The van der Waals surface area contributed by atoms with Gasteiger partial charge in [-0.25, -0.2) is 4.98 Å². The van der Waals surface area contributed by atoms with Crippen LogP contribution in [0.3, 0.4) is 0 Å². The summed E-state index contributed by atoms with van der Waals surface area (Å²) >= 11 is 0. The molecule has 0 fully saturated rings. The van der Waals surface area contributed by atoms with E-state index in [0.29, 0.717) is 6.54 Å². The maximum atomic E-state index is 11.9. The van der Waals surface area contributed by atoms with Crippen LogP contribution in [0.4, 0.5) is 0 Å². The van der Waals surface area contributed by atoms with Crippen molar-refractivity contribution in [1.82, 2.24) is 9.55 Å². The van der Waals surface area contributed by atoms with Crippen molar-refractivity contribution >= 4 is 11.9 Å². The molecule has 3 aromatic rings. The number of aromatic nitrogens is 2. The van der Waals surface area contributed by atoms with Gasteiger partial charge in [-0.1, -0.05) is 48.5 Å². The first-order valence-electron chi connectivity index (χ1n) is 7.83. The number of ether oxygens (including phenoxy) is 1. The van der Waals surface area contributed by atoms with E-state index in [-0.39, 0.29) is 5.92 Å². The van der Waals surface area contributed by atoms with E-state index in [1.165, 1.54) is 0 Å². The third kappa shape index (κ3) is 2.52. The molecule has 1 aliphatic rings. The molecule has 24 heavy (non-hydrogen) atoms. The number of hydrogen-bond acceptors (Lipinski definition) is 3. The Morgan fingerprint density at radius 1 is 1.08 bits per heavy atom. The quantitative estimate of drug-likeness (QED) is 0.690. The van der Waals surface area contributed by atoms with E-state index in [9.17, 15) is 4.79 Å². The SMILES string of the molecule is O=CC1C(c2ccccc2)=C(Cn2ccnc2)Oc2ccccc21. The van der Waals surface area contributed by atoms with E-state index in [4.69, 9.17) is 4.74 Å². The van der Waals surface area contributed by atoms with Crippen LogP contribution >= 0.6 is 0 Å². The number of para-hydroxylation sites is 1. The van der Waals surface area contributed by atoms with Gasteiger partial charge < -0.3 is 14.1 Å². The third-order valence-corrected chi connectivity index (χ3v) is 4.20. The molecule has 0 saturated heterocycles. The molecule has 2 aromatic carbocycles. The van der Waals surface area contributed by atoms with E-state index in [1.54, 1.807) is 12.5 Å². The minimum absolute atomic E-state index is 0.337. The smallest absolute Gasteiger partial charge is 0.132 e. The van der Waals surface area contributed by atoms with Gasteiger partial charge >= 0.3 is 0 Å². The molecule has 118 valence electrons. The minimum atomic E-state index is -0.337. The second-order valence-electron chi connectivity index (χ2n) is 5.69. The summed E-state index contributed by atoms with van der Waals surface area (Å²) in [6.07, 6.45) is 6.36. The molecule has 2 heterocycles. The van der Waals surface area contributed by atoms with Crippen LogP contribution in [-0.4, -0.2) is 15.8 Å². The first kappa shape index (κ1) is 14.5. The van der Waals surface area contributed by atoms with E-state index >= 15 is 0 Å². The number of benzene rings is 2. The fraction of sp³-hybridized carbons (Fsp3) is 0.100. The highest BCUT2D eigenvalue weighted by Gasteiger charge is 2.30. The first-order valence-corrected chi connectivity index (χ1v) is 7.83. The molecule has 0 radical (unpaired) electrons. The summed E-state index contributed by atoms with van der Waals surface area (Å²) in [5, 5.41) is 0. The Bertz CT molecular complexity index is 883. The molecule has 0 spiro atoms. The predicted molar refractivity (Wildman–Crippen MR) is 91.5 cm³/mol. The van der Waals surface area contributed by atoms with Gasteiger partial charge in [-0.15, -0.1) is 0 Å². The molecule has 1 atom stereocenters. The van der Waals surface area contributed by atoms with Crippen LogP contribution in [0.1, 0.15) is 17.0 Å². The molecule has 0 N–H and O–H groups in total. The Labute approximate surface area is 140 Å². The number of carbonyl (C=O) groups is 1. The van der Waals surface area contributed by atoms with Crippen molar-refractivity contribution in [3.63, 3.8) is 0 Å². The zero-order valence-electron chi connectivity index (χ0n) is 13.0. The first-order chi connectivity index (χ1) is 11.9. The van der Waals surface area contributed by atoms with Crippen LogP contribution in [-0.2, 0) is 11.3 Å². The Balaban J connectivity index is 1.88. The molecule has 4 rings (SSSR count). The van der Waals surface area contributed by atoms with Gasteiger partial charge in [-0.05, 0) is 11.6 Å². The lowest BCUT2D eigenvalue weighted by atomic mass is 9.84. The van der Waals surface area contributed by atoms with Crippen molar-refractivity contribution in [2.45, 2.75) is 12.5 Å². The number of nitrogens with zero attached hydrogens (tertiary/aromatic N) is 2. The molecule has 0 amide bonds. The maximum absolute atomic E-state index is 11.9. The summed E-state index contributed by atoms with van der Waals surface area (Å²) in [4.78, 5) is 16.0. The molecular formula is C20H16N2O2. The predicted octanol–water partition coefficient (Wildman–Crippen LogP) is 3.67. The number of carbonyl (C=O) groups excluding carboxylic acids is 1. The summed E-state index contributed by atoms with van der Waals surface area (Å²) < 4.78 is 8.12. The highest BCUT2D eigenvalue weighted by Crippen LogP contribution is 2.43. The summed E-state index contributed by atoms with van der Waals surface area (Å²) in [7, 11) is 0. The zero-order valence-corrected chi connectivity index (χ0v) is 13.0. The Morgan fingerprint density at radius 2 is 1.88 bits per heavy atom. The van der Waals surface area contributed by atoms with Crippen LogP contribution in [0, 0.1) is 0 Å². The third-order valence-electron chi connectivity index (χ3n) is 4.20. The molecule has 0 saturated carbocycles. The highest BCUT2D eigenvalue weighted by atomic mass is 16.5. The normalized spacial score (nSPS) is 16.4. The Hall–Kier alpha value is -3.14. The minimum Gasteiger partial charge on any atom is -0.459 e. The van der Waals surface area contributed by atoms with Gasteiger partial charge in [-0.2, -0.15) is 0 Å². The molecule has 4 nitrogen and oxygen atoms in total.